The Morgan fingerprint density at radius 1 is 1.24 bits per heavy atom. The van der Waals surface area contributed by atoms with Gasteiger partial charge in [-0.15, -0.1) is 0 Å². The molecule has 3 aromatic heterocycles. The van der Waals surface area contributed by atoms with Crippen LogP contribution in [0.25, 0.3) is 16.7 Å². The highest BCUT2D eigenvalue weighted by molar-refractivity contribution is 6.31. The number of aromatic nitrogens is 4. The number of hydrogen-bond acceptors (Lipinski definition) is 3. The highest BCUT2D eigenvalue weighted by atomic mass is 35.5. The van der Waals surface area contributed by atoms with Gasteiger partial charge in [0.25, 0.3) is 5.91 Å². The summed E-state index contributed by atoms with van der Waals surface area (Å²) < 4.78 is 1.86. The van der Waals surface area contributed by atoms with Gasteiger partial charge < -0.3 is 14.3 Å². The number of amides is 1. The molecule has 0 atom stereocenters. The molecule has 0 radical (unpaired) electrons. The lowest BCUT2D eigenvalue weighted by Gasteiger charge is -2.13. The maximum Gasteiger partial charge on any atom is 0.274 e. The van der Waals surface area contributed by atoms with Crippen LogP contribution in [0, 0.1) is 6.92 Å². The Bertz CT molecular complexity index is 1100. The molecule has 0 fully saturated rings. The molecule has 1 N–H and O–H groups in total. The number of H-pyrrole nitrogens is 1. The zero-order valence-electron chi connectivity index (χ0n) is 13.8. The van der Waals surface area contributed by atoms with Crippen molar-refractivity contribution in [2.24, 2.45) is 0 Å². The predicted octanol–water partition coefficient (Wildman–Crippen LogP) is 3.44. The van der Waals surface area contributed by atoms with Crippen molar-refractivity contribution in [2.75, 3.05) is 7.05 Å². The minimum absolute atomic E-state index is 0.153. The van der Waals surface area contributed by atoms with Gasteiger partial charge in [0.05, 0.1) is 17.6 Å². The Balaban J connectivity index is 1.57. The summed E-state index contributed by atoms with van der Waals surface area (Å²) in [6, 6.07) is 9.33. The number of nitrogens with zero attached hydrogens (tertiary/aromatic N) is 4. The third-order valence-electron chi connectivity index (χ3n) is 4.04. The molecule has 0 spiro atoms. The van der Waals surface area contributed by atoms with Crippen molar-refractivity contribution < 1.29 is 4.79 Å². The number of aryl methyl sites for hydroxylation is 1. The normalized spacial score (nSPS) is 11.3. The lowest BCUT2D eigenvalue weighted by molar-refractivity contribution is 0.0777. The van der Waals surface area contributed by atoms with Crippen LogP contribution in [0.1, 0.15) is 21.9 Å². The molecule has 1 aromatic carbocycles. The predicted molar refractivity (Wildman–Crippen MR) is 96.8 cm³/mol. The largest absolute Gasteiger partial charge is 0.340 e. The number of benzene rings is 1. The van der Waals surface area contributed by atoms with Crippen LogP contribution in [-0.4, -0.2) is 37.2 Å². The second-order valence-corrected chi connectivity index (χ2v) is 6.54. The van der Waals surface area contributed by atoms with E-state index in [0.29, 0.717) is 23.1 Å². The van der Waals surface area contributed by atoms with Crippen molar-refractivity contribution in [3.05, 3.63) is 64.8 Å². The molecule has 0 aliphatic heterocycles. The van der Waals surface area contributed by atoms with E-state index >= 15 is 0 Å². The second-order valence-electron chi connectivity index (χ2n) is 6.10. The van der Waals surface area contributed by atoms with Crippen LogP contribution in [0.3, 0.4) is 0 Å². The number of carbonyl (C=O) groups is 1. The van der Waals surface area contributed by atoms with Gasteiger partial charge in [0.15, 0.2) is 0 Å². The molecule has 0 unspecified atom stereocenters. The van der Waals surface area contributed by atoms with Crippen LogP contribution in [0.2, 0.25) is 5.02 Å². The molecule has 0 aliphatic rings. The maximum atomic E-state index is 12.7. The van der Waals surface area contributed by atoms with Crippen LogP contribution in [0.5, 0.6) is 0 Å². The maximum absolute atomic E-state index is 12.7. The van der Waals surface area contributed by atoms with Gasteiger partial charge in [0.1, 0.15) is 17.2 Å². The first-order valence-electron chi connectivity index (χ1n) is 7.84. The lowest BCUT2D eigenvalue weighted by Crippen LogP contribution is -2.27. The molecule has 0 saturated carbocycles. The summed E-state index contributed by atoms with van der Waals surface area (Å²) in [5.41, 5.74) is 3.95. The van der Waals surface area contributed by atoms with E-state index in [1.807, 2.05) is 41.8 Å². The van der Waals surface area contributed by atoms with Crippen LogP contribution >= 0.6 is 11.6 Å². The van der Waals surface area contributed by atoms with Crippen molar-refractivity contribution in [1.82, 2.24) is 24.3 Å². The molecule has 1 amide bonds. The van der Waals surface area contributed by atoms with E-state index in [1.165, 1.54) is 0 Å². The van der Waals surface area contributed by atoms with Gasteiger partial charge in [-0.05, 0) is 36.8 Å². The van der Waals surface area contributed by atoms with Crippen LogP contribution in [0.4, 0.5) is 0 Å². The summed E-state index contributed by atoms with van der Waals surface area (Å²) in [5, 5.41) is 0.645. The monoisotopic (exact) mass is 353 g/mol. The first-order chi connectivity index (χ1) is 12.0. The number of rotatable bonds is 3. The minimum atomic E-state index is -0.153. The Hall–Kier alpha value is -2.86. The first-order valence-corrected chi connectivity index (χ1v) is 8.22. The Kier molecular flexibility index (Phi) is 3.69. The molecule has 126 valence electrons. The number of nitrogens with one attached hydrogen (secondary N) is 1. The van der Waals surface area contributed by atoms with Gasteiger partial charge in [-0.1, -0.05) is 17.7 Å². The van der Waals surface area contributed by atoms with Gasteiger partial charge >= 0.3 is 0 Å². The van der Waals surface area contributed by atoms with E-state index in [0.717, 1.165) is 22.2 Å². The van der Waals surface area contributed by atoms with Crippen molar-refractivity contribution in [3.8, 4) is 0 Å². The summed E-state index contributed by atoms with van der Waals surface area (Å²) in [6.45, 7) is 2.36. The van der Waals surface area contributed by atoms with E-state index in [9.17, 15) is 4.79 Å². The van der Waals surface area contributed by atoms with Gasteiger partial charge in [0, 0.05) is 24.5 Å². The lowest BCUT2D eigenvalue weighted by atomic mass is 10.3. The van der Waals surface area contributed by atoms with Crippen molar-refractivity contribution in [3.63, 3.8) is 0 Å². The fraction of sp³-hybridized carbons (Fsp3) is 0.167. The standard InChI is InChI=1S/C18H16ClN5O/c1-11-3-6-17-22-15(9-24(17)8-11)18(25)23(2)10-16-20-13-5-4-12(19)7-14(13)21-16/h3-9H,10H2,1-2H3,(H,20,21). The number of aromatic amines is 1. The molecule has 0 bridgehead atoms. The van der Waals surface area contributed by atoms with Crippen LogP contribution < -0.4 is 0 Å². The molecule has 4 rings (SSSR count). The fourth-order valence-corrected chi connectivity index (χ4v) is 2.98. The van der Waals surface area contributed by atoms with E-state index in [-0.39, 0.29) is 5.91 Å². The first kappa shape index (κ1) is 15.7. The molecule has 6 nitrogen and oxygen atoms in total. The quantitative estimate of drug-likeness (QED) is 0.613. The summed E-state index contributed by atoms with van der Waals surface area (Å²) >= 11 is 5.99. The van der Waals surface area contributed by atoms with Crippen molar-refractivity contribution in [1.29, 1.82) is 0 Å². The Morgan fingerprint density at radius 3 is 2.92 bits per heavy atom. The number of halogens is 1. The van der Waals surface area contributed by atoms with Crippen LogP contribution in [-0.2, 0) is 6.54 Å². The average molecular weight is 354 g/mol. The summed E-state index contributed by atoms with van der Waals surface area (Å²) in [6.07, 6.45) is 3.70. The smallest absolute Gasteiger partial charge is 0.274 e. The van der Waals surface area contributed by atoms with Crippen LogP contribution in [0.15, 0.2) is 42.7 Å². The number of imidazole rings is 2. The molecular formula is C18H16ClN5O. The zero-order valence-corrected chi connectivity index (χ0v) is 14.6. The van der Waals surface area contributed by atoms with E-state index in [1.54, 1.807) is 24.2 Å². The van der Waals surface area contributed by atoms with Crippen molar-refractivity contribution >= 4 is 34.2 Å². The topological polar surface area (TPSA) is 66.3 Å². The number of carbonyl (C=O) groups excluding carboxylic acids is 1. The van der Waals surface area contributed by atoms with Crippen molar-refractivity contribution in [2.45, 2.75) is 13.5 Å². The van der Waals surface area contributed by atoms with Gasteiger partial charge in [-0.2, -0.15) is 0 Å². The number of fused-ring (bicyclic) bond motifs is 2. The zero-order chi connectivity index (χ0) is 17.6. The highest BCUT2D eigenvalue weighted by Gasteiger charge is 2.17. The molecular weight excluding hydrogens is 338 g/mol. The summed E-state index contributed by atoms with van der Waals surface area (Å²) in [7, 11) is 1.73. The Labute approximate surface area is 149 Å². The molecule has 4 aromatic rings. The minimum Gasteiger partial charge on any atom is -0.340 e. The molecule has 3 heterocycles. The number of pyridine rings is 1. The fourth-order valence-electron chi connectivity index (χ4n) is 2.81. The van der Waals surface area contributed by atoms with Gasteiger partial charge in [-0.3, -0.25) is 4.79 Å². The second kappa shape index (κ2) is 5.89. The summed E-state index contributed by atoms with van der Waals surface area (Å²) in [5.74, 6) is 0.549. The van der Waals surface area contributed by atoms with Gasteiger partial charge in [-0.25, -0.2) is 9.97 Å². The third-order valence-corrected chi connectivity index (χ3v) is 4.28. The highest BCUT2D eigenvalue weighted by Crippen LogP contribution is 2.18. The molecule has 7 heteroatoms. The van der Waals surface area contributed by atoms with E-state index < -0.39 is 0 Å². The Morgan fingerprint density at radius 2 is 2.08 bits per heavy atom. The number of hydrogen-bond donors (Lipinski definition) is 1. The molecule has 25 heavy (non-hydrogen) atoms. The SMILES string of the molecule is Cc1ccc2nc(C(=O)N(C)Cc3nc4ccc(Cl)cc4[nH]3)cn2c1. The average Bonchev–Trinajstić information content (AvgIpc) is 3.16. The van der Waals surface area contributed by atoms with E-state index in [4.69, 9.17) is 11.6 Å². The molecule has 0 saturated heterocycles. The van der Waals surface area contributed by atoms with E-state index in [2.05, 4.69) is 15.0 Å². The van der Waals surface area contributed by atoms with Gasteiger partial charge in [0.2, 0.25) is 0 Å². The molecule has 0 aliphatic carbocycles. The summed E-state index contributed by atoms with van der Waals surface area (Å²) in [4.78, 5) is 26.3. The third kappa shape index (κ3) is 2.96.